The second kappa shape index (κ2) is 8.69. The van der Waals surface area contributed by atoms with E-state index in [9.17, 15) is 0 Å². The molecule has 0 N–H and O–H groups in total. The van der Waals surface area contributed by atoms with Gasteiger partial charge in [-0.15, -0.1) is 11.6 Å². The Morgan fingerprint density at radius 2 is 1.85 bits per heavy atom. The van der Waals surface area contributed by atoms with Gasteiger partial charge in [-0.3, -0.25) is 0 Å². The highest BCUT2D eigenvalue weighted by Gasteiger charge is 2.19. The van der Waals surface area contributed by atoms with E-state index in [1.54, 1.807) is 0 Å². The lowest BCUT2D eigenvalue weighted by Gasteiger charge is -2.32. The van der Waals surface area contributed by atoms with E-state index in [1.165, 1.54) is 50.9 Å². The molecule has 112 valence electrons. The molecular weight excluding hydrogens is 266 g/mol. The van der Waals surface area contributed by atoms with Crippen LogP contribution in [0.2, 0.25) is 0 Å². The molecule has 1 heterocycles. The Balaban J connectivity index is 1.65. The van der Waals surface area contributed by atoms with Crippen LogP contribution in [0.25, 0.3) is 0 Å². The van der Waals surface area contributed by atoms with Gasteiger partial charge in [-0.25, -0.2) is 0 Å². The normalized spacial score (nSPS) is 19.1. The summed E-state index contributed by atoms with van der Waals surface area (Å²) in [4.78, 5) is 2.65. The van der Waals surface area contributed by atoms with Gasteiger partial charge in [-0.05, 0) is 69.1 Å². The summed E-state index contributed by atoms with van der Waals surface area (Å²) in [7, 11) is 0. The number of piperidine rings is 1. The average molecular weight is 294 g/mol. The zero-order chi connectivity index (χ0) is 14.2. The molecule has 1 aromatic rings. The van der Waals surface area contributed by atoms with Crippen molar-refractivity contribution < 1.29 is 0 Å². The monoisotopic (exact) mass is 293 g/mol. The first kappa shape index (κ1) is 15.9. The summed E-state index contributed by atoms with van der Waals surface area (Å²) in [5, 5.41) is 0. The summed E-state index contributed by atoms with van der Waals surface area (Å²) in [6.07, 6.45) is 6.44. The third-order valence-electron chi connectivity index (χ3n) is 4.61. The first-order valence-corrected chi connectivity index (χ1v) is 8.63. The Morgan fingerprint density at radius 3 is 2.50 bits per heavy atom. The fraction of sp³-hybridized carbons (Fsp3) is 0.667. The van der Waals surface area contributed by atoms with Crippen molar-refractivity contribution in [2.75, 3.05) is 25.5 Å². The smallest absolute Gasteiger partial charge is 0.0225 e. The van der Waals surface area contributed by atoms with Crippen molar-refractivity contribution in [2.45, 2.75) is 39.0 Å². The van der Waals surface area contributed by atoms with E-state index in [0.717, 1.165) is 24.1 Å². The highest BCUT2D eigenvalue weighted by molar-refractivity contribution is 6.17. The zero-order valence-corrected chi connectivity index (χ0v) is 13.5. The van der Waals surface area contributed by atoms with Crippen LogP contribution in [-0.2, 0) is 6.42 Å². The Kier molecular flexibility index (Phi) is 6.89. The van der Waals surface area contributed by atoms with Crippen LogP contribution < -0.4 is 0 Å². The SMILES string of the molecule is CC(CCCl)CCN1CCC(Cc2ccccc2)CC1. The molecule has 1 aliphatic heterocycles. The molecule has 1 atom stereocenters. The van der Waals surface area contributed by atoms with Crippen LogP contribution in [0.4, 0.5) is 0 Å². The van der Waals surface area contributed by atoms with Crippen molar-refractivity contribution in [1.29, 1.82) is 0 Å². The Morgan fingerprint density at radius 1 is 1.15 bits per heavy atom. The maximum atomic E-state index is 5.80. The lowest BCUT2D eigenvalue weighted by molar-refractivity contribution is 0.174. The minimum Gasteiger partial charge on any atom is -0.303 e. The molecule has 1 saturated heterocycles. The van der Waals surface area contributed by atoms with E-state index in [4.69, 9.17) is 11.6 Å². The van der Waals surface area contributed by atoms with Gasteiger partial charge >= 0.3 is 0 Å². The molecule has 1 aliphatic rings. The van der Waals surface area contributed by atoms with Crippen molar-refractivity contribution >= 4 is 11.6 Å². The van der Waals surface area contributed by atoms with E-state index in [2.05, 4.69) is 42.2 Å². The van der Waals surface area contributed by atoms with E-state index in [1.807, 2.05) is 0 Å². The van der Waals surface area contributed by atoms with Gasteiger partial charge in [-0.1, -0.05) is 37.3 Å². The molecule has 0 radical (unpaired) electrons. The summed E-state index contributed by atoms with van der Waals surface area (Å²) in [6.45, 7) is 6.15. The van der Waals surface area contributed by atoms with E-state index < -0.39 is 0 Å². The van der Waals surface area contributed by atoms with Crippen LogP contribution in [0, 0.1) is 11.8 Å². The average Bonchev–Trinajstić information content (AvgIpc) is 2.48. The van der Waals surface area contributed by atoms with Crippen LogP contribution in [0.1, 0.15) is 38.2 Å². The highest BCUT2D eigenvalue weighted by Crippen LogP contribution is 2.22. The molecule has 0 spiro atoms. The van der Waals surface area contributed by atoms with Crippen LogP contribution in [0.5, 0.6) is 0 Å². The number of rotatable bonds is 7. The van der Waals surface area contributed by atoms with E-state index >= 15 is 0 Å². The predicted molar refractivity (Wildman–Crippen MR) is 88.4 cm³/mol. The number of nitrogens with zero attached hydrogens (tertiary/aromatic N) is 1. The first-order chi connectivity index (χ1) is 9.78. The fourth-order valence-corrected chi connectivity index (χ4v) is 3.47. The molecule has 20 heavy (non-hydrogen) atoms. The Hall–Kier alpha value is -0.530. The summed E-state index contributed by atoms with van der Waals surface area (Å²) in [5.41, 5.74) is 1.50. The van der Waals surface area contributed by atoms with Gasteiger partial charge in [0, 0.05) is 5.88 Å². The molecule has 0 aromatic heterocycles. The second-order valence-electron chi connectivity index (χ2n) is 6.35. The minimum atomic E-state index is 0.773. The molecule has 1 nitrogen and oxygen atoms in total. The Labute approximate surface area is 129 Å². The van der Waals surface area contributed by atoms with Crippen molar-refractivity contribution in [1.82, 2.24) is 4.90 Å². The molecule has 0 saturated carbocycles. The standard InChI is InChI=1S/C18H28ClN/c1-16(7-11-19)8-12-20-13-9-18(10-14-20)15-17-5-3-2-4-6-17/h2-6,16,18H,7-15H2,1H3. The van der Waals surface area contributed by atoms with Gasteiger partial charge in [0.15, 0.2) is 0 Å². The van der Waals surface area contributed by atoms with Crippen molar-refractivity contribution in [3.8, 4) is 0 Å². The van der Waals surface area contributed by atoms with Gasteiger partial charge in [0.2, 0.25) is 0 Å². The zero-order valence-electron chi connectivity index (χ0n) is 12.7. The largest absolute Gasteiger partial charge is 0.303 e. The third-order valence-corrected chi connectivity index (χ3v) is 4.83. The summed E-state index contributed by atoms with van der Waals surface area (Å²) < 4.78 is 0. The van der Waals surface area contributed by atoms with Gasteiger partial charge in [0.25, 0.3) is 0 Å². The van der Waals surface area contributed by atoms with Crippen LogP contribution >= 0.6 is 11.6 Å². The van der Waals surface area contributed by atoms with Crippen LogP contribution in [0.15, 0.2) is 30.3 Å². The molecule has 1 fully saturated rings. The molecular formula is C18H28ClN. The minimum absolute atomic E-state index is 0.773. The van der Waals surface area contributed by atoms with Gasteiger partial charge in [0.05, 0.1) is 0 Å². The first-order valence-electron chi connectivity index (χ1n) is 8.10. The maximum Gasteiger partial charge on any atom is 0.0225 e. The van der Waals surface area contributed by atoms with Gasteiger partial charge in [0.1, 0.15) is 0 Å². The molecule has 0 aliphatic carbocycles. The lowest BCUT2D eigenvalue weighted by atomic mass is 9.90. The molecule has 1 unspecified atom stereocenters. The highest BCUT2D eigenvalue weighted by atomic mass is 35.5. The van der Waals surface area contributed by atoms with Crippen molar-refractivity contribution in [3.63, 3.8) is 0 Å². The number of halogens is 1. The van der Waals surface area contributed by atoms with Crippen molar-refractivity contribution in [3.05, 3.63) is 35.9 Å². The predicted octanol–water partition coefficient (Wildman–Crippen LogP) is 4.60. The van der Waals surface area contributed by atoms with Crippen molar-refractivity contribution in [2.24, 2.45) is 11.8 Å². The Bertz CT molecular complexity index is 357. The topological polar surface area (TPSA) is 3.24 Å². The number of hydrogen-bond donors (Lipinski definition) is 0. The molecule has 2 heteroatoms. The summed E-state index contributed by atoms with van der Waals surface area (Å²) in [5.74, 6) is 2.46. The van der Waals surface area contributed by atoms with E-state index in [0.29, 0.717) is 0 Å². The number of alkyl halides is 1. The number of likely N-dealkylation sites (tertiary alicyclic amines) is 1. The van der Waals surface area contributed by atoms with E-state index in [-0.39, 0.29) is 0 Å². The fourth-order valence-electron chi connectivity index (χ4n) is 3.10. The molecule has 2 rings (SSSR count). The number of benzene rings is 1. The third kappa shape index (κ3) is 5.46. The van der Waals surface area contributed by atoms with Crippen LogP contribution in [0.3, 0.4) is 0 Å². The molecule has 0 bridgehead atoms. The number of hydrogen-bond acceptors (Lipinski definition) is 1. The second-order valence-corrected chi connectivity index (χ2v) is 6.72. The quantitative estimate of drug-likeness (QED) is 0.664. The van der Waals surface area contributed by atoms with Gasteiger partial charge < -0.3 is 4.90 Å². The molecule has 0 amide bonds. The lowest BCUT2D eigenvalue weighted by Crippen LogP contribution is -2.35. The summed E-state index contributed by atoms with van der Waals surface area (Å²) in [6, 6.07) is 10.9. The molecule has 1 aromatic carbocycles. The maximum absolute atomic E-state index is 5.80. The summed E-state index contributed by atoms with van der Waals surface area (Å²) >= 11 is 5.80. The van der Waals surface area contributed by atoms with Crippen LogP contribution in [-0.4, -0.2) is 30.4 Å². The van der Waals surface area contributed by atoms with Gasteiger partial charge in [-0.2, -0.15) is 0 Å².